The van der Waals surface area contributed by atoms with Crippen molar-refractivity contribution in [3.05, 3.63) is 65.2 Å². The molecule has 2 aromatic rings. The van der Waals surface area contributed by atoms with E-state index in [1.54, 1.807) is 13.2 Å². The van der Waals surface area contributed by atoms with Gasteiger partial charge in [-0.1, -0.05) is 42.5 Å². The Morgan fingerprint density at radius 2 is 1.75 bits per heavy atom. The van der Waals surface area contributed by atoms with Crippen LogP contribution in [0.4, 0.5) is 0 Å². The minimum atomic E-state index is -0.954. The SMILES string of the molecule is COc1ccccc1/C=C(/C(=O)O)c1ccccc1C. The first-order chi connectivity index (χ1) is 9.63. The molecule has 0 aliphatic heterocycles. The summed E-state index contributed by atoms with van der Waals surface area (Å²) in [4.78, 5) is 11.5. The fraction of sp³-hybridized carbons (Fsp3) is 0.118. The molecule has 0 bridgehead atoms. The first kappa shape index (κ1) is 13.9. The number of ether oxygens (including phenoxy) is 1. The van der Waals surface area contributed by atoms with Gasteiger partial charge in [0.1, 0.15) is 5.75 Å². The van der Waals surface area contributed by atoms with Crippen molar-refractivity contribution < 1.29 is 14.6 Å². The molecule has 3 heteroatoms. The second kappa shape index (κ2) is 6.06. The number of benzene rings is 2. The van der Waals surface area contributed by atoms with E-state index in [-0.39, 0.29) is 5.57 Å². The maximum Gasteiger partial charge on any atom is 0.336 e. The van der Waals surface area contributed by atoms with Crippen LogP contribution < -0.4 is 4.74 Å². The molecule has 2 aromatic carbocycles. The zero-order valence-electron chi connectivity index (χ0n) is 11.5. The van der Waals surface area contributed by atoms with Gasteiger partial charge < -0.3 is 9.84 Å². The summed E-state index contributed by atoms with van der Waals surface area (Å²) in [6.45, 7) is 1.90. The molecule has 0 unspecified atom stereocenters. The van der Waals surface area contributed by atoms with E-state index in [0.717, 1.165) is 11.1 Å². The lowest BCUT2D eigenvalue weighted by atomic mass is 9.98. The van der Waals surface area contributed by atoms with E-state index < -0.39 is 5.97 Å². The maximum absolute atomic E-state index is 11.5. The minimum absolute atomic E-state index is 0.257. The lowest BCUT2D eigenvalue weighted by molar-refractivity contribution is -0.130. The molecular formula is C17H16O3. The molecule has 0 atom stereocenters. The highest BCUT2D eigenvalue weighted by Crippen LogP contribution is 2.26. The molecule has 0 heterocycles. The van der Waals surface area contributed by atoms with Crippen LogP contribution in [-0.2, 0) is 4.79 Å². The number of methoxy groups -OCH3 is 1. The normalized spacial score (nSPS) is 11.2. The summed E-state index contributed by atoms with van der Waals surface area (Å²) in [5.41, 5.74) is 2.64. The predicted octanol–water partition coefficient (Wildman–Crippen LogP) is 3.63. The lowest BCUT2D eigenvalue weighted by Crippen LogP contribution is -2.01. The van der Waals surface area contributed by atoms with Gasteiger partial charge in [0.15, 0.2) is 0 Å². The third-order valence-corrected chi connectivity index (χ3v) is 3.10. The Balaban J connectivity index is 2.57. The zero-order valence-corrected chi connectivity index (χ0v) is 11.5. The molecule has 0 fully saturated rings. The number of para-hydroxylation sites is 1. The number of aryl methyl sites for hydroxylation is 1. The van der Waals surface area contributed by atoms with Crippen LogP contribution in [0, 0.1) is 6.92 Å². The van der Waals surface area contributed by atoms with Crippen LogP contribution in [-0.4, -0.2) is 18.2 Å². The molecule has 0 saturated heterocycles. The topological polar surface area (TPSA) is 46.5 Å². The van der Waals surface area contributed by atoms with Crippen LogP contribution in [0.5, 0.6) is 5.75 Å². The van der Waals surface area contributed by atoms with Crippen LogP contribution in [0.3, 0.4) is 0 Å². The van der Waals surface area contributed by atoms with Gasteiger partial charge in [-0.3, -0.25) is 0 Å². The Kier molecular flexibility index (Phi) is 4.20. The van der Waals surface area contributed by atoms with Gasteiger partial charge in [-0.15, -0.1) is 0 Å². The number of aliphatic carboxylic acids is 1. The number of carboxylic acid groups (broad SMARTS) is 1. The summed E-state index contributed by atoms with van der Waals surface area (Å²) in [7, 11) is 1.57. The van der Waals surface area contributed by atoms with Crippen molar-refractivity contribution >= 4 is 17.6 Å². The maximum atomic E-state index is 11.5. The van der Waals surface area contributed by atoms with Crippen molar-refractivity contribution in [2.75, 3.05) is 7.11 Å². The zero-order chi connectivity index (χ0) is 14.5. The molecule has 0 spiro atoms. The monoisotopic (exact) mass is 268 g/mol. The second-order valence-electron chi connectivity index (χ2n) is 4.42. The molecule has 0 saturated carbocycles. The van der Waals surface area contributed by atoms with E-state index in [1.807, 2.05) is 55.5 Å². The highest BCUT2D eigenvalue weighted by molar-refractivity contribution is 6.21. The van der Waals surface area contributed by atoms with Crippen molar-refractivity contribution in [3.63, 3.8) is 0 Å². The summed E-state index contributed by atoms with van der Waals surface area (Å²) < 4.78 is 5.25. The number of hydrogen-bond donors (Lipinski definition) is 1. The van der Waals surface area contributed by atoms with Gasteiger partial charge in [0.05, 0.1) is 12.7 Å². The number of rotatable bonds is 4. The summed E-state index contributed by atoms with van der Waals surface area (Å²) >= 11 is 0. The van der Waals surface area contributed by atoms with E-state index in [2.05, 4.69) is 0 Å². The van der Waals surface area contributed by atoms with Gasteiger partial charge in [0.25, 0.3) is 0 Å². The minimum Gasteiger partial charge on any atom is -0.496 e. The summed E-state index contributed by atoms with van der Waals surface area (Å²) in [6.07, 6.45) is 1.64. The highest BCUT2D eigenvalue weighted by atomic mass is 16.5. The van der Waals surface area contributed by atoms with E-state index in [1.165, 1.54) is 0 Å². The molecule has 2 rings (SSSR count). The first-order valence-corrected chi connectivity index (χ1v) is 6.27. The summed E-state index contributed by atoms with van der Waals surface area (Å²) in [5, 5.41) is 9.47. The van der Waals surface area contributed by atoms with Gasteiger partial charge in [-0.25, -0.2) is 4.79 Å². The van der Waals surface area contributed by atoms with E-state index in [9.17, 15) is 9.90 Å². The molecule has 0 aliphatic rings. The fourth-order valence-electron chi connectivity index (χ4n) is 2.07. The van der Waals surface area contributed by atoms with E-state index >= 15 is 0 Å². The third kappa shape index (κ3) is 2.88. The molecule has 0 radical (unpaired) electrons. The number of carbonyl (C=O) groups is 1. The quantitative estimate of drug-likeness (QED) is 0.680. The highest BCUT2D eigenvalue weighted by Gasteiger charge is 2.13. The van der Waals surface area contributed by atoms with Crippen LogP contribution >= 0.6 is 0 Å². The predicted molar refractivity (Wildman–Crippen MR) is 79.7 cm³/mol. The van der Waals surface area contributed by atoms with Crippen molar-refractivity contribution in [1.82, 2.24) is 0 Å². The lowest BCUT2D eigenvalue weighted by Gasteiger charge is -2.09. The van der Waals surface area contributed by atoms with E-state index in [4.69, 9.17) is 4.74 Å². The Bertz CT molecular complexity index is 657. The molecule has 0 amide bonds. The van der Waals surface area contributed by atoms with Crippen LogP contribution in [0.1, 0.15) is 16.7 Å². The average molecular weight is 268 g/mol. The summed E-state index contributed by atoms with van der Waals surface area (Å²) in [6, 6.07) is 14.8. The number of carboxylic acids is 1. The Hall–Kier alpha value is -2.55. The molecular weight excluding hydrogens is 252 g/mol. The molecule has 0 aromatic heterocycles. The first-order valence-electron chi connectivity index (χ1n) is 6.27. The van der Waals surface area contributed by atoms with Gasteiger partial charge in [0, 0.05) is 5.56 Å². The van der Waals surface area contributed by atoms with Crippen molar-refractivity contribution in [2.24, 2.45) is 0 Å². The van der Waals surface area contributed by atoms with Gasteiger partial charge in [-0.05, 0) is 30.2 Å². The molecule has 3 nitrogen and oxygen atoms in total. The number of hydrogen-bond acceptors (Lipinski definition) is 2. The summed E-state index contributed by atoms with van der Waals surface area (Å²) in [5.74, 6) is -0.301. The Labute approximate surface area is 118 Å². The molecule has 102 valence electrons. The van der Waals surface area contributed by atoms with Crippen molar-refractivity contribution in [2.45, 2.75) is 6.92 Å². The Morgan fingerprint density at radius 1 is 1.10 bits per heavy atom. The van der Waals surface area contributed by atoms with Crippen molar-refractivity contribution in [1.29, 1.82) is 0 Å². The van der Waals surface area contributed by atoms with Crippen LogP contribution in [0.2, 0.25) is 0 Å². The molecule has 1 N–H and O–H groups in total. The fourth-order valence-corrected chi connectivity index (χ4v) is 2.07. The second-order valence-corrected chi connectivity index (χ2v) is 4.42. The van der Waals surface area contributed by atoms with Crippen LogP contribution in [0.15, 0.2) is 48.5 Å². The molecule has 20 heavy (non-hydrogen) atoms. The third-order valence-electron chi connectivity index (χ3n) is 3.10. The van der Waals surface area contributed by atoms with Gasteiger partial charge >= 0.3 is 5.97 Å². The van der Waals surface area contributed by atoms with Gasteiger partial charge in [0.2, 0.25) is 0 Å². The largest absolute Gasteiger partial charge is 0.496 e. The standard InChI is InChI=1S/C17H16O3/c1-12-7-3-5-9-14(12)15(17(18)19)11-13-8-4-6-10-16(13)20-2/h3-11H,1-2H3,(H,18,19)/b15-11+. The van der Waals surface area contributed by atoms with E-state index in [0.29, 0.717) is 11.3 Å². The average Bonchev–Trinajstić information content (AvgIpc) is 2.46. The van der Waals surface area contributed by atoms with Gasteiger partial charge in [-0.2, -0.15) is 0 Å². The Morgan fingerprint density at radius 3 is 2.40 bits per heavy atom. The smallest absolute Gasteiger partial charge is 0.336 e. The molecule has 0 aliphatic carbocycles. The van der Waals surface area contributed by atoms with Crippen molar-refractivity contribution in [3.8, 4) is 5.75 Å². The van der Waals surface area contributed by atoms with Crippen LogP contribution in [0.25, 0.3) is 11.6 Å².